The molecular weight excluding hydrogens is 453 g/mol. The third kappa shape index (κ3) is 5.57. The second-order valence-corrected chi connectivity index (χ2v) is 8.98. The molecular formula is C23H21F3N4O2S. The Kier molecular flexibility index (Phi) is 6.46. The van der Waals surface area contributed by atoms with Crippen molar-refractivity contribution in [3.05, 3.63) is 65.1 Å². The van der Waals surface area contributed by atoms with Crippen LogP contribution in [0.4, 0.5) is 24.8 Å². The van der Waals surface area contributed by atoms with Crippen LogP contribution in [0, 0.1) is 12.8 Å². The van der Waals surface area contributed by atoms with E-state index >= 15 is 0 Å². The van der Waals surface area contributed by atoms with Crippen molar-refractivity contribution in [2.45, 2.75) is 38.3 Å². The second kappa shape index (κ2) is 9.30. The van der Waals surface area contributed by atoms with Crippen molar-refractivity contribution in [1.82, 2.24) is 15.0 Å². The Labute approximate surface area is 192 Å². The summed E-state index contributed by atoms with van der Waals surface area (Å²) in [5, 5.41) is 13.0. The standard InChI is InChI=1S/C23H21F3N4O2S/c1-13-9-16(11-17(10-13)29-22-27-8-7-19(30-22)23(24,25)26)18-12-28-20(33-18)14-3-2-4-15(6-5-14)21(31)32/h2-3,7-12,14-15H,4-6H2,1H3,(H,31,32)(H,27,29,30)/t14?,15-/m0/s1. The first-order valence-corrected chi connectivity index (χ1v) is 11.1. The summed E-state index contributed by atoms with van der Waals surface area (Å²) in [6.45, 7) is 1.89. The molecule has 2 heterocycles. The monoisotopic (exact) mass is 474 g/mol. The maximum absolute atomic E-state index is 12.9. The van der Waals surface area contributed by atoms with Gasteiger partial charge < -0.3 is 10.4 Å². The minimum Gasteiger partial charge on any atom is -0.481 e. The van der Waals surface area contributed by atoms with Crippen molar-refractivity contribution in [1.29, 1.82) is 0 Å². The molecule has 6 nitrogen and oxygen atoms in total. The molecule has 1 aliphatic carbocycles. The fourth-order valence-corrected chi connectivity index (χ4v) is 4.75. The smallest absolute Gasteiger partial charge is 0.433 e. The molecule has 172 valence electrons. The van der Waals surface area contributed by atoms with Gasteiger partial charge in [0.2, 0.25) is 5.95 Å². The summed E-state index contributed by atoms with van der Waals surface area (Å²) >= 11 is 1.52. The number of aromatic nitrogens is 3. The second-order valence-electron chi connectivity index (χ2n) is 7.92. The third-order valence-electron chi connectivity index (χ3n) is 5.37. The molecule has 3 aromatic rings. The molecule has 0 spiro atoms. The zero-order valence-corrected chi connectivity index (χ0v) is 18.5. The molecule has 10 heteroatoms. The van der Waals surface area contributed by atoms with E-state index in [-0.39, 0.29) is 17.8 Å². The van der Waals surface area contributed by atoms with Crippen molar-refractivity contribution < 1.29 is 23.1 Å². The van der Waals surface area contributed by atoms with E-state index in [0.717, 1.165) is 33.3 Å². The minimum atomic E-state index is -4.55. The quantitative estimate of drug-likeness (QED) is 0.429. The number of aryl methyl sites for hydroxylation is 1. The van der Waals surface area contributed by atoms with Crippen LogP contribution in [-0.4, -0.2) is 26.0 Å². The van der Waals surface area contributed by atoms with Gasteiger partial charge in [0.1, 0.15) is 5.69 Å². The van der Waals surface area contributed by atoms with Gasteiger partial charge in [-0.2, -0.15) is 13.2 Å². The lowest BCUT2D eigenvalue weighted by atomic mass is 9.98. The third-order valence-corrected chi connectivity index (χ3v) is 6.55. The average Bonchev–Trinajstić information content (AvgIpc) is 3.10. The van der Waals surface area contributed by atoms with Crippen molar-refractivity contribution in [3.8, 4) is 10.4 Å². The van der Waals surface area contributed by atoms with Crippen molar-refractivity contribution in [2.75, 3.05) is 5.32 Å². The number of allylic oxidation sites excluding steroid dienone is 2. The molecule has 0 radical (unpaired) electrons. The van der Waals surface area contributed by atoms with E-state index in [1.165, 1.54) is 11.3 Å². The Morgan fingerprint density at radius 2 is 2.03 bits per heavy atom. The van der Waals surface area contributed by atoms with Gasteiger partial charge in [0.15, 0.2) is 0 Å². The molecule has 1 aromatic carbocycles. The molecule has 0 saturated carbocycles. The van der Waals surface area contributed by atoms with Crippen LogP contribution in [0.3, 0.4) is 0 Å². The fraction of sp³-hybridized carbons (Fsp3) is 0.304. The maximum Gasteiger partial charge on any atom is 0.433 e. The predicted octanol–water partition coefficient (Wildman–Crippen LogP) is 6.20. The van der Waals surface area contributed by atoms with Gasteiger partial charge >= 0.3 is 12.1 Å². The van der Waals surface area contributed by atoms with Gasteiger partial charge in [-0.1, -0.05) is 18.2 Å². The van der Waals surface area contributed by atoms with Crippen LogP contribution in [0.5, 0.6) is 0 Å². The molecule has 2 atom stereocenters. The van der Waals surface area contributed by atoms with Crippen LogP contribution in [0.1, 0.15) is 41.4 Å². The number of carboxylic acids is 1. The Morgan fingerprint density at radius 1 is 1.21 bits per heavy atom. The van der Waals surface area contributed by atoms with Gasteiger partial charge in [0.05, 0.1) is 15.8 Å². The number of anilines is 2. The molecule has 2 aromatic heterocycles. The van der Waals surface area contributed by atoms with Crippen molar-refractivity contribution >= 4 is 28.9 Å². The summed E-state index contributed by atoms with van der Waals surface area (Å²) in [5.74, 6) is -1.21. The normalized spacial score (nSPS) is 18.7. The highest BCUT2D eigenvalue weighted by atomic mass is 32.1. The molecule has 4 rings (SSSR count). The number of carboxylic acid groups (broad SMARTS) is 1. The lowest BCUT2D eigenvalue weighted by molar-refractivity contribution is -0.142. The van der Waals surface area contributed by atoms with Crippen LogP contribution < -0.4 is 5.32 Å². The molecule has 0 aliphatic heterocycles. The lowest BCUT2D eigenvalue weighted by Crippen LogP contribution is -2.12. The first-order valence-electron chi connectivity index (χ1n) is 10.3. The summed E-state index contributed by atoms with van der Waals surface area (Å²) < 4.78 is 38.8. The van der Waals surface area contributed by atoms with E-state index in [4.69, 9.17) is 0 Å². The van der Waals surface area contributed by atoms with Gasteiger partial charge in [0.25, 0.3) is 0 Å². The molecule has 0 bridgehead atoms. The van der Waals surface area contributed by atoms with E-state index in [1.54, 1.807) is 12.3 Å². The van der Waals surface area contributed by atoms with Crippen LogP contribution in [0.2, 0.25) is 0 Å². The molecule has 33 heavy (non-hydrogen) atoms. The Balaban J connectivity index is 1.54. The highest BCUT2D eigenvalue weighted by molar-refractivity contribution is 7.15. The predicted molar refractivity (Wildman–Crippen MR) is 119 cm³/mol. The van der Waals surface area contributed by atoms with Crippen LogP contribution in [0.25, 0.3) is 10.4 Å². The van der Waals surface area contributed by atoms with Crippen LogP contribution in [0.15, 0.2) is 48.8 Å². The number of rotatable bonds is 5. The number of hydrogen-bond acceptors (Lipinski definition) is 6. The number of nitrogens with one attached hydrogen (secondary N) is 1. The van der Waals surface area contributed by atoms with Crippen LogP contribution in [-0.2, 0) is 11.0 Å². The van der Waals surface area contributed by atoms with E-state index in [1.807, 2.05) is 31.2 Å². The molecule has 0 saturated heterocycles. The summed E-state index contributed by atoms with van der Waals surface area (Å²) in [5.41, 5.74) is 1.34. The maximum atomic E-state index is 12.9. The number of alkyl halides is 3. The molecule has 2 N–H and O–H groups in total. The summed E-state index contributed by atoms with van der Waals surface area (Å²) in [7, 11) is 0. The number of halogens is 3. The number of carbonyl (C=O) groups is 1. The van der Waals surface area contributed by atoms with Gasteiger partial charge in [-0.05, 0) is 55.5 Å². The Morgan fingerprint density at radius 3 is 2.79 bits per heavy atom. The summed E-state index contributed by atoms with van der Waals surface area (Å²) in [4.78, 5) is 24.2. The van der Waals surface area contributed by atoms with Gasteiger partial charge in [0, 0.05) is 24.0 Å². The zero-order valence-electron chi connectivity index (χ0n) is 17.6. The molecule has 1 aliphatic rings. The van der Waals surface area contributed by atoms with E-state index in [2.05, 4.69) is 20.3 Å². The summed E-state index contributed by atoms with van der Waals surface area (Å²) in [6, 6.07) is 6.41. The lowest BCUT2D eigenvalue weighted by Gasteiger charge is -2.11. The molecule has 0 amide bonds. The van der Waals surface area contributed by atoms with Crippen molar-refractivity contribution in [2.24, 2.45) is 5.92 Å². The van der Waals surface area contributed by atoms with Gasteiger partial charge in [-0.25, -0.2) is 15.0 Å². The van der Waals surface area contributed by atoms with Gasteiger partial charge in [-0.3, -0.25) is 4.79 Å². The number of thiazole rings is 1. The molecule has 0 fully saturated rings. The number of benzene rings is 1. The van der Waals surface area contributed by atoms with Crippen molar-refractivity contribution in [3.63, 3.8) is 0 Å². The first-order chi connectivity index (χ1) is 15.7. The fourth-order valence-electron chi connectivity index (χ4n) is 3.73. The van der Waals surface area contributed by atoms with Crippen LogP contribution >= 0.6 is 11.3 Å². The minimum absolute atomic E-state index is 0.0639. The van der Waals surface area contributed by atoms with Gasteiger partial charge in [-0.15, -0.1) is 11.3 Å². The Hall–Kier alpha value is -3.27. The number of nitrogens with zero attached hydrogens (tertiary/aromatic N) is 3. The van der Waals surface area contributed by atoms with E-state index in [9.17, 15) is 23.1 Å². The molecule has 1 unspecified atom stereocenters. The SMILES string of the molecule is Cc1cc(Nc2nccc(C(F)(F)F)n2)cc(-c2cnc(C3C=CC[C@H](C(=O)O)CC3)s2)c1. The number of aliphatic carboxylic acids is 1. The first kappa shape index (κ1) is 22.9. The number of hydrogen-bond donors (Lipinski definition) is 2. The Bertz CT molecular complexity index is 1190. The zero-order chi connectivity index (χ0) is 23.6. The topological polar surface area (TPSA) is 88.0 Å². The largest absolute Gasteiger partial charge is 0.481 e. The average molecular weight is 475 g/mol. The van der Waals surface area contributed by atoms with E-state index < -0.39 is 17.8 Å². The highest BCUT2D eigenvalue weighted by Gasteiger charge is 2.32. The van der Waals surface area contributed by atoms with E-state index in [0.29, 0.717) is 24.9 Å². The summed E-state index contributed by atoms with van der Waals surface area (Å²) in [6.07, 6.45) is 4.07. The highest BCUT2D eigenvalue weighted by Crippen LogP contribution is 2.37.